The Balaban J connectivity index is 0. The van der Waals surface area contributed by atoms with Gasteiger partial charge in [0.05, 0.1) is 0 Å². The first-order valence-electron chi connectivity index (χ1n) is 1.21. The quantitative estimate of drug-likeness (QED) is 0.427. The molecular formula is H8Cl4N4Pd2. The van der Waals surface area contributed by atoms with Crippen LogP contribution >= 0.6 is 38.1 Å². The summed E-state index contributed by atoms with van der Waals surface area (Å²) in [6, 6.07) is 0. The van der Waals surface area contributed by atoms with Crippen molar-refractivity contribution in [3.8, 4) is 0 Å². The van der Waals surface area contributed by atoms with Crippen LogP contribution in [0, 0.1) is 0 Å². The molecule has 4 nitrogen and oxygen atoms in total. The zero-order chi connectivity index (χ0) is 9.00. The summed E-state index contributed by atoms with van der Waals surface area (Å²) in [4.78, 5) is 0. The minimum atomic E-state index is -2.81. The molecule has 8 N–H and O–H groups in total. The number of nitrogens with two attached hydrogens (primary N) is 4. The molecule has 10 heavy (non-hydrogen) atoms. The van der Waals surface area contributed by atoms with Crippen molar-refractivity contribution in [3.05, 3.63) is 0 Å². The molecule has 0 amide bonds. The normalized spacial score (nSPS) is 15.2. The van der Waals surface area contributed by atoms with Gasteiger partial charge in [0.1, 0.15) is 0 Å². The summed E-state index contributed by atoms with van der Waals surface area (Å²) in [5.41, 5.74) is 0. The third kappa shape index (κ3) is 166. The molecule has 0 atom stereocenters. The molecule has 0 aliphatic carbocycles. The van der Waals surface area contributed by atoms with Gasteiger partial charge in [-0.15, -0.1) is 0 Å². The standard InChI is InChI=1S/4ClH.4H2N.2Pd/h4*1H;4*1H2;;/q;;;;4*-1;2*+4/p-4. The van der Waals surface area contributed by atoms with E-state index < -0.39 is 28.0 Å². The number of hydrogen-bond donors (Lipinski definition) is 4. The van der Waals surface area contributed by atoms with Crippen LogP contribution in [0.1, 0.15) is 0 Å². The average Bonchev–Trinajstić information content (AvgIpc) is 1.12. The van der Waals surface area contributed by atoms with Gasteiger partial charge in [-0.2, -0.15) is 0 Å². The first kappa shape index (κ1) is 14.8. The molecule has 0 radical (unpaired) electrons. The van der Waals surface area contributed by atoms with Crippen LogP contribution in [0.4, 0.5) is 0 Å². The van der Waals surface area contributed by atoms with Crippen molar-refractivity contribution in [1.82, 2.24) is 0 Å². The SMILES string of the molecule is [Cl][Pd]([Cl])([Cl])[Cl].[NH2][Pd]([NH2])([NH2])[NH2]. The molecule has 0 aliphatic rings. The Kier molecular flexibility index (Phi) is 8.72. The summed E-state index contributed by atoms with van der Waals surface area (Å²) in [6.45, 7) is 0. The Bertz CT molecular complexity index is 58.2. The summed E-state index contributed by atoms with van der Waals surface area (Å²) >= 11 is -5.51. The van der Waals surface area contributed by atoms with E-state index in [4.69, 9.17) is 55.6 Å². The average molecular weight is 419 g/mol. The molecule has 0 aromatic rings. The molecule has 0 bridgehead atoms. The molecule has 0 heterocycles. The van der Waals surface area contributed by atoms with E-state index >= 15 is 0 Å². The molecule has 0 aromatic carbocycles. The molecule has 10 heteroatoms. The van der Waals surface area contributed by atoms with Crippen molar-refractivity contribution >= 4 is 38.1 Å². The Morgan fingerprint density at radius 3 is 0.700 bits per heavy atom. The second-order valence-electron chi connectivity index (χ2n) is 0.904. The Morgan fingerprint density at radius 2 is 0.700 bits per heavy atom. The van der Waals surface area contributed by atoms with Crippen LogP contribution in [-0.4, -0.2) is 0 Å². The van der Waals surface area contributed by atoms with Crippen LogP contribution in [0.25, 0.3) is 0 Å². The van der Waals surface area contributed by atoms with E-state index in [1.54, 1.807) is 0 Å². The number of halogens is 4. The second-order valence-corrected chi connectivity index (χ2v) is 18.2. The summed E-state index contributed by atoms with van der Waals surface area (Å²) in [5.74, 6) is 0. The van der Waals surface area contributed by atoms with Gasteiger partial charge < -0.3 is 0 Å². The Hall–Kier alpha value is 2.32. The second kappa shape index (κ2) is 5.88. The van der Waals surface area contributed by atoms with Crippen molar-refractivity contribution < 1.29 is 28.0 Å². The molecule has 76 valence electrons. The van der Waals surface area contributed by atoms with Crippen LogP contribution in [0.3, 0.4) is 0 Å². The van der Waals surface area contributed by atoms with Gasteiger partial charge in [-0.25, -0.2) is 0 Å². The summed E-state index contributed by atoms with van der Waals surface area (Å²) in [5, 5.41) is 0. The predicted molar refractivity (Wildman–Crippen MR) is 40.2 cm³/mol. The van der Waals surface area contributed by atoms with Gasteiger partial charge in [-0.3, -0.25) is 0 Å². The first-order valence-corrected chi connectivity index (χ1v) is 12.8. The molecule has 0 rings (SSSR count). The summed E-state index contributed by atoms with van der Waals surface area (Å²) < 4.78 is 19.4. The van der Waals surface area contributed by atoms with Gasteiger partial charge in [0.2, 0.25) is 0 Å². The zero-order valence-corrected chi connectivity index (χ0v) is 10.6. The third-order valence-corrected chi connectivity index (χ3v) is 0. The zero-order valence-electron chi connectivity index (χ0n) is 4.45. The topological polar surface area (TPSA) is 104 Å². The van der Waals surface area contributed by atoms with E-state index in [-0.39, 0.29) is 0 Å². The minimum absolute atomic E-state index is 2.70. The molecule has 0 aliphatic heterocycles. The van der Waals surface area contributed by atoms with E-state index in [1.165, 1.54) is 0 Å². The van der Waals surface area contributed by atoms with Crippen molar-refractivity contribution in [2.24, 2.45) is 17.5 Å². The van der Waals surface area contributed by atoms with Gasteiger partial charge in [0.15, 0.2) is 0 Å². The maximum atomic E-state index is 4.98. The van der Waals surface area contributed by atoms with Crippen molar-refractivity contribution in [1.29, 1.82) is 0 Å². The summed E-state index contributed by atoms with van der Waals surface area (Å²) in [7, 11) is 19.9. The van der Waals surface area contributed by atoms with E-state index in [9.17, 15) is 0 Å². The maximum absolute atomic E-state index is 4.98. The van der Waals surface area contributed by atoms with Gasteiger partial charge in [-0.1, -0.05) is 0 Å². The van der Waals surface area contributed by atoms with Crippen LogP contribution in [0.5, 0.6) is 0 Å². The first-order chi connectivity index (χ1) is 4.00. The molecule has 0 saturated carbocycles. The van der Waals surface area contributed by atoms with E-state index in [2.05, 4.69) is 0 Å². The van der Waals surface area contributed by atoms with Crippen LogP contribution in [0.15, 0.2) is 0 Å². The van der Waals surface area contributed by atoms with Gasteiger partial charge >= 0.3 is 83.6 Å². The Labute approximate surface area is 82.6 Å². The molecular weight excluding hydrogens is 411 g/mol. The van der Waals surface area contributed by atoms with Crippen molar-refractivity contribution in [3.63, 3.8) is 0 Å². The predicted octanol–water partition coefficient (Wildman–Crippen LogP) is 0.391. The third-order valence-electron chi connectivity index (χ3n) is 0. The van der Waals surface area contributed by atoms with Crippen molar-refractivity contribution in [2.75, 3.05) is 0 Å². The number of rotatable bonds is 0. The van der Waals surface area contributed by atoms with E-state index in [0.29, 0.717) is 0 Å². The van der Waals surface area contributed by atoms with Gasteiger partial charge in [0.25, 0.3) is 0 Å². The molecule has 0 spiro atoms. The number of hydrogen-bond acceptors (Lipinski definition) is 4. The summed E-state index contributed by atoms with van der Waals surface area (Å²) in [6.07, 6.45) is 0. The van der Waals surface area contributed by atoms with Crippen LogP contribution < -0.4 is 17.5 Å². The fourth-order valence-corrected chi connectivity index (χ4v) is 0. The fourth-order valence-electron chi connectivity index (χ4n) is 0. The Morgan fingerprint density at radius 1 is 0.700 bits per heavy atom. The van der Waals surface area contributed by atoms with Crippen LogP contribution in [-0.2, 0) is 28.0 Å². The molecule has 0 fully saturated rings. The van der Waals surface area contributed by atoms with E-state index in [0.717, 1.165) is 0 Å². The molecule has 0 saturated heterocycles. The monoisotopic (exact) mass is 416 g/mol. The van der Waals surface area contributed by atoms with Crippen LogP contribution in [0.2, 0.25) is 0 Å². The molecule has 0 unspecified atom stereocenters. The fraction of sp³-hybridized carbons (Fsp3) is 0. The molecule has 0 aromatic heterocycles. The van der Waals surface area contributed by atoms with E-state index in [1.807, 2.05) is 0 Å². The van der Waals surface area contributed by atoms with Crippen molar-refractivity contribution in [2.45, 2.75) is 0 Å². The van der Waals surface area contributed by atoms with Gasteiger partial charge in [0, 0.05) is 0 Å². The van der Waals surface area contributed by atoms with Gasteiger partial charge in [-0.05, 0) is 0 Å².